The normalized spacial score (nSPS) is 11.6. The molecule has 1 aromatic carbocycles. The maximum Gasteiger partial charge on any atom is 0.238 e. The Balaban J connectivity index is 2.43. The lowest BCUT2D eigenvalue weighted by Crippen LogP contribution is -2.39. The minimum absolute atomic E-state index is 0.243. The van der Waals surface area contributed by atoms with E-state index in [4.69, 9.17) is 23.8 Å². The van der Waals surface area contributed by atoms with Crippen LogP contribution in [0.5, 0.6) is 0 Å². The van der Waals surface area contributed by atoms with E-state index in [9.17, 15) is 4.79 Å². The summed E-state index contributed by atoms with van der Waals surface area (Å²) >= 11 is 5.74. The van der Waals surface area contributed by atoms with Gasteiger partial charge in [0.05, 0.1) is 6.04 Å². The molecule has 0 radical (unpaired) electrons. The number of terminal acetylenes is 1. The molecular formula is C12H13ClN2O. The third-order valence-electron chi connectivity index (χ3n) is 2.05. The fourth-order valence-corrected chi connectivity index (χ4v) is 1.27. The largest absolute Gasteiger partial charge is 0.351 e. The van der Waals surface area contributed by atoms with Gasteiger partial charge in [-0.25, -0.2) is 0 Å². The van der Waals surface area contributed by atoms with Gasteiger partial charge in [-0.2, -0.15) is 0 Å². The molecule has 0 spiro atoms. The summed E-state index contributed by atoms with van der Waals surface area (Å²) < 4.78 is 0. The molecule has 3 nitrogen and oxygen atoms in total. The van der Waals surface area contributed by atoms with Crippen molar-refractivity contribution in [1.82, 2.24) is 5.32 Å². The summed E-state index contributed by atoms with van der Waals surface area (Å²) in [5.41, 5.74) is 6.50. The predicted molar refractivity (Wildman–Crippen MR) is 64.7 cm³/mol. The van der Waals surface area contributed by atoms with Crippen molar-refractivity contribution in [2.75, 3.05) is 0 Å². The van der Waals surface area contributed by atoms with E-state index in [2.05, 4.69) is 11.2 Å². The van der Waals surface area contributed by atoms with E-state index in [0.717, 1.165) is 5.56 Å². The molecule has 0 bridgehead atoms. The van der Waals surface area contributed by atoms with Crippen LogP contribution in [0.1, 0.15) is 12.0 Å². The summed E-state index contributed by atoms with van der Waals surface area (Å²) in [7, 11) is 0. The van der Waals surface area contributed by atoms with Crippen LogP contribution in [0, 0.1) is 12.3 Å². The van der Waals surface area contributed by atoms with Crippen LogP contribution in [-0.4, -0.2) is 11.9 Å². The van der Waals surface area contributed by atoms with E-state index in [0.29, 0.717) is 11.6 Å². The van der Waals surface area contributed by atoms with Crippen LogP contribution in [0.2, 0.25) is 5.02 Å². The molecule has 3 N–H and O–H groups in total. The number of nitrogens with two attached hydrogens (primary N) is 1. The Hall–Kier alpha value is -1.50. The Labute approximate surface area is 100.0 Å². The third-order valence-corrected chi connectivity index (χ3v) is 2.31. The number of nitrogens with one attached hydrogen (secondary N) is 1. The summed E-state index contributed by atoms with van der Waals surface area (Å²) in [5, 5.41) is 3.37. The highest BCUT2D eigenvalue weighted by Crippen LogP contribution is 2.09. The van der Waals surface area contributed by atoms with Crippen molar-refractivity contribution >= 4 is 17.5 Å². The number of carbonyl (C=O) groups excluding carboxylic acids is 1. The molecule has 0 aliphatic heterocycles. The van der Waals surface area contributed by atoms with Crippen LogP contribution in [0.4, 0.5) is 0 Å². The zero-order valence-corrected chi connectivity index (χ0v) is 9.50. The monoisotopic (exact) mass is 236 g/mol. The number of hydrogen-bond donors (Lipinski definition) is 2. The number of hydrogen-bond acceptors (Lipinski definition) is 2. The average molecular weight is 237 g/mol. The molecule has 0 aromatic heterocycles. The standard InChI is InChI=1S/C12H13ClN2O/c1-2-3-11(14)12(16)15-8-9-4-6-10(13)7-5-9/h1,4-7,11H,3,8,14H2,(H,15,16). The molecule has 1 aromatic rings. The van der Waals surface area contributed by atoms with Gasteiger partial charge in [0.25, 0.3) is 0 Å². The van der Waals surface area contributed by atoms with Crippen LogP contribution in [-0.2, 0) is 11.3 Å². The molecule has 1 rings (SSSR count). The Morgan fingerprint density at radius 1 is 1.50 bits per heavy atom. The van der Waals surface area contributed by atoms with Crippen molar-refractivity contribution in [2.45, 2.75) is 19.0 Å². The number of halogens is 1. The van der Waals surface area contributed by atoms with Gasteiger partial charge < -0.3 is 11.1 Å². The summed E-state index contributed by atoms with van der Waals surface area (Å²) in [6.45, 7) is 0.425. The number of benzene rings is 1. The molecule has 16 heavy (non-hydrogen) atoms. The first-order valence-electron chi connectivity index (χ1n) is 4.84. The van der Waals surface area contributed by atoms with E-state index in [-0.39, 0.29) is 12.3 Å². The van der Waals surface area contributed by atoms with Gasteiger partial charge in [0.1, 0.15) is 0 Å². The van der Waals surface area contributed by atoms with Crippen LogP contribution >= 0.6 is 11.6 Å². The first-order chi connectivity index (χ1) is 7.63. The SMILES string of the molecule is C#CCC(N)C(=O)NCc1ccc(Cl)cc1. The lowest BCUT2D eigenvalue weighted by Gasteiger charge is -2.09. The Morgan fingerprint density at radius 3 is 2.69 bits per heavy atom. The second kappa shape index (κ2) is 6.16. The number of amides is 1. The van der Waals surface area contributed by atoms with Crippen LogP contribution in [0.15, 0.2) is 24.3 Å². The molecule has 0 aliphatic carbocycles. The van der Waals surface area contributed by atoms with E-state index in [1.165, 1.54) is 0 Å². The molecule has 0 saturated heterocycles. The molecule has 84 valence electrons. The van der Waals surface area contributed by atoms with Crippen molar-refractivity contribution in [2.24, 2.45) is 5.73 Å². The molecule has 0 aliphatic rings. The van der Waals surface area contributed by atoms with E-state index in [1.807, 2.05) is 12.1 Å². The lowest BCUT2D eigenvalue weighted by atomic mass is 10.2. The van der Waals surface area contributed by atoms with Crippen molar-refractivity contribution in [1.29, 1.82) is 0 Å². The fourth-order valence-electron chi connectivity index (χ4n) is 1.14. The van der Waals surface area contributed by atoms with E-state index in [1.54, 1.807) is 12.1 Å². The zero-order chi connectivity index (χ0) is 12.0. The van der Waals surface area contributed by atoms with Gasteiger partial charge in [-0.3, -0.25) is 4.79 Å². The highest BCUT2D eigenvalue weighted by Gasteiger charge is 2.10. The molecule has 0 heterocycles. The van der Waals surface area contributed by atoms with Gasteiger partial charge in [0.15, 0.2) is 0 Å². The zero-order valence-electron chi connectivity index (χ0n) is 8.74. The summed E-state index contributed by atoms with van der Waals surface area (Å²) in [6.07, 6.45) is 5.31. The highest BCUT2D eigenvalue weighted by atomic mass is 35.5. The van der Waals surface area contributed by atoms with Gasteiger partial charge in [-0.1, -0.05) is 23.7 Å². The summed E-state index contributed by atoms with van der Waals surface area (Å²) in [5.74, 6) is 2.11. The average Bonchev–Trinajstić information content (AvgIpc) is 2.28. The number of carbonyl (C=O) groups is 1. The summed E-state index contributed by atoms with van der Waals surface area (Å²) in [4.78, 5) is 11.4. The van der Waals surface area contributed by atoms with Gasteiger partial charge >= 0.3 is 0 Å². The molecular weight excluding hydrogens is 224 g/mol. The number of rotatable bonds is 4. The van der Waals surface area contributed by atoms with Crippen LogP contribution in [0.3, 0.4) is 0 Å². The minimum Gasteiger partial charge on any atom is -0.351 e. The Bertz CT molecular complexity index is 394. The van der Waals surface area contributed by atoms with Gasteiger partial charge in [0.2, 0.25) is 5.91 Å². The van der Waals surface area contributed by atoms with Crippen molar-refractivity contribution in [3.05, 3.63) is 34.9 Å². The highest BCUT2D eigenvalue weighted by molar-refractivity contribution is 6.30. The minimum atomic E-state index is -0.641. The second-order valence-electron chi connectivity index (χ2n) is 3.36. The van der Waals surface area contributed by atoms with Crippen molar-refractivity contribution in [3.8, 4) is 12.3 Å². The quantitative estimate of drug-likeness (QED) is 0.775. The van der Waals surface area contributed by atoms with Crippen LogP contribution < -0.4 is 11.1 Å². The molecule has 4 heteroatoms. The third kappa shape index (κ3) is 3.93. The maximum atomic E-state index is 11.4. The smallest absolute Gasteiger partial charge is 0.238 e. The fraction of sp³-hybridized carbons (Fsp3) is 0.250. The lowest BCUT2D eigenvalue weighted by molar-refractivity contribution is -0.122. The first kappa shape index (κ1) is 12.6. The Morgan fingerprint density at radius 2 is 2.12 bits per heavy atom. The molecule has 1 amide bonds. The van der Waals surface area contributed by atoms with Crippen LogP contribution in [0.25, 0.3) is 0 Å². The predicted octanol–water partition coefficient (Wildman–Crippen LogP) is 1.31. The summed E-state index contributed by atoms with van der Waals surface area (Å²) in [6, 6.07) is 6.58. The van der Waals surface area contributed by atoms with Gasteiger partial charge in [-0.05, 0) is 17.7 Å². The Kier molecular flexibility index (Phi) is 4.84. The molecule has 0 saturated carbocycles. The van der Waals surface area contributed by atoms with Gasteiger partial charge in [0, 0.05) is 18.0 Å². The molecule has 1 atom stereocenters. The van der Waals surface area contributed by atoms with Gasteiger partial charge in [-0.15, -0.1) is 12.3 Å². The van der Waals surface area contributed by atoms with E-state index < -0.39 is 6.04 Å². The molecule has 0 fully saturated rings. The maximum absolute atomic E-state index is 11.4. The van der Waals surface area contributed by atoms with Crippen molar-refractivity contribution < 1.29 is 4.79 Å². The van der Waals surface area contributed by atoms with Crippen molar-refractivity contribution in [3.63, 3.8) is 0 Å². The topological polar surface area (TPSA) is 55.1 Å². The van der Waals surface area contributed by atoms with E-state index >= 15 is 0 Å². The first-order valence-corrected chi connectivity index (χ1v) is 5.22. The second-order valence-corrected chi connectivity index (χ2v) is 3.80. The molecule has 1 unspecified atom stereocenters.